The average molecular weight is 422 g/mol. The lowest BCUT2D eigenvalue weighted by molar-refractivity contribution is 0.00578. The molecule has 7 heteroatoms. The van der Waals surface area contributed by atoms with Crippen molar-refractivity contribution in [3.63, 3.8) is 0 Å². The van der Waals surface area contributed by atoms with Gasteiger partial charge in [0.15, 0.2) is 23.4 Å². The van der Waals surface area contributed by atoms with Crippen molar-refractivity contribution in [3.05, 3.63) is 48.3 Å². The average Bonchev–Trinajstić information content (AvgIpc) is 3.21. The number of hydrogen-bond acceptors (Lipinski definition) is 5. The van der Waals surface area contributed by atoms with Crippen LogP contribution in [0.25, 0.3) is 11.0 Å². The van der Waals surface area contributed by atoms with Crippen LogP contribution in [-0.4, -0.2) is 34.5 Å². The monoisotopic (exact) mass is 422 g/mol. The lowest BCUT2D eigenvalue weighted by Gasteiger charge is -2.32. The van der Waals surface area contributed by atoms with Gasteiger partial charge in [0.1, 0.15) is 6.61 Å². The van der Waals surface area contributed by atoms with E-state index >= 15 is 0 Å². The van der Waals surface area contributed by atoms with E-state index in [1.165, 1.54) is 0 Å². The zero-order valence-corrected chi connectivity index (χ0v) is 19.4. The van der Waals surface area contributed by atoms with Crippen LogP contribution in [0.15, 0.2) is 42.5 Å². The van der Waals surface area contributed by atoms with Gasteiger partial charge in [-0.3, -0.25) is 0 Å². The van der Waals surface area contributed by atoms with Crippen LogP contribution in [0.1, 0.15) is 53.5 Å². The van der Waals surface area contributed by atoms with E-state index < -0.39 is 7.12 Å². The molecular formula is C24H31BN2O4. The van der Waals surface area contributed by atoms with Crippen molar-refractivity contribution in [2.45, 2.75) is 58.8 Å². The molecule has 164 valence electrons. The van der Waals surface area contributed by atoms with Crippen molar-refractivity contribution in [1.82, 2.24) is 9.55 Å². The molecule has 0 bridgehead atoms. The molecule has 1 fully saturated rings. The summed E-state index contributed by atoms with van der Waals surface area (Å²) < 4.78 is 26.5. The molecule has 6 nitrogen and oxygen atoms in total. The lowest BCUT2D eigenvalue weighted by Crippen LogP contribution is -2.41. The molecule has 2 aliphatic rings. The Morgan fingerprint density at radius 2 is 1.61 bits per heavy atom. The minimum absolute atomic E-state index is 0.261. The summed E-state index contributed by atoms with van der Waals surface area (Å²) in [6, 6.07) is 13.8. The predicted octanol–water partition coefficient (Wildman–Crippen LogP) is 4.41. The third-order valence-corrected chi connectivity index (χ3v) is 6.26. The van der Waals surface area contributed by atoms with Gasteiger partial charge in [0.2, 0.25) is 0 Å². The van der Waals surface area contributed by atoms with Crippen molar-refractivity contribution < 1.29 is 18.8 Å². The van der Waals surface area contributed by atoms with Crippen LogP contribution in [0.5, 0.6) is 11.5 Å². The van der Waals surface area contributed by atoms with Crippen LogP contribution in [0.4, 0.5) is 0 Å². The molecule has 0 spiro atoms. The van der Waals surface area contributed by atoms with Crippen LogP contribution in [0.2, 0.25) is 0 Å². The second kappa shape index (κ2) is 7.88. The molecule has 1 aromatic heterocycles. The Balaban J connectivity index is 0.00000112. The highest BCUT2D eigenvalue weighted by Gasteiger charge is 2.51. The van der Waals surface area contributed by atoms with Crippen LogP contribution < -0.4 is 14.9 Å². The number of rotatable bonds is 2. The van der Waals surface area contributed by atoms with E-state index in [0.29, 0.717) is 6.61 Å². The normalized spacial score (nSPS) is 21.0. The van der Waals surface area contributed by atoms with Gasteiger partial charge in [0.05, 0.1) is 22.2 Å². The Hall–Kier alpha value is -2.51. The fourth-order valence-corrected chi connectivity index (χ4v) is 3.79. The molecule has 0 amide bonds. The number of nitrogens with zero attached hydrogens (tertiary/aromatic N) is 2. The maximum absolute atomic E-state index is 6.20. The van der Waals surface area contributed by atoms with Crippen LogP contribution in [-0.2, 0) is 16.4 Å². The second-order valence-electron chi connectivity index (χ2n) is 8.73. The smallest absolute Gasteiger partial charge is 0.485 e. The van der Waals surface area contributed by atoms with E-state index in [-0.39, 0.29) is 17.3 Å². The highest BCUT2D eigenvalue weighted by Crippen LogP contribution is 2.38. The number of imidazole rings is 1. The van der Waals surface area contributed by atoms with Crippen molar-refractivity contribution >= 4 is 23.6 Å². The minimum Gasteiger partial charge on any atom is -0.485 e. The van der Waals surface area contributed by atoms with Crippen molar-refractivity contribution in [1.29, 1.82) is 0 Å². The summed E-state index contributed by atoms with van der Waals surface area (Å²) in [5.74, 6) is 2.35. The van der Waals surface area contributed by atoms with E-state index in [2.05, 4.69) is 38.3 Å². The Morgan fingerprint density at radius 3 is 2.29 bits per heavy atom. The summed E-state index contributed by atoms with van der Waals surface area (Å²) in [7, 11) is 1.60. The quantitative estimate of drug-likeness (QED) is 0.573. The molecule has 3 heterocycles. The number of ether oxygens (including phenoxy) is 2. The van der Waals surface area contributed by atoms with Gasteiger partial charge in [0.25, 0.3) is 0 Å². The molecule has 1 atom stereocenters. The topological polar surface area (TPSA) is 54.7 Å². The van der Waals surface area contributed by atoms with Gasteiger partial charge in [0, 0.05) is 7.05 Å². The van der Waals surface area contributed by atoms with E-state index in [1.807, 2.05) is 57.3 Å². The van der Waals surface area contributed by atoms with E-state index in [4.69, 9.17) is 23.8 Å². The highest BCUT2D eigenvalue weighted by atomic mass is 16.7. The first-order valence-electron chi connectivity index (χ1n) is 11.0. The molecule has 31 heavy (non-hydrogen) atoms. The van der Waals surface area contributed by atoms with Crippen LogP contribution in [0.3, 0.4) is 0 Å². The molecule has 5 rings (SSSR count). The Morgan fingerprint density at radius 1 is 0.968 bits per heavy atom. The molecule has 3 aromatic rings. The number of aromatic nitrogens is 2. The van der Waals surface area contributed by atoms with Crippen LogP contribution in [0, 0.1) is 0 Å². The zero-order valence-electron chi connectivity index (χ0n) is 19.4. The number of para-hydroxylation sites is 2. The number of benzene rings is 2. The first-order valence-corrected chi connectivity index (χ1v) is 11.0. The fourth-order valence-electron chi connectivity index (χ4n) is 3.79. The first-order chi connectivity index (χ1) is 14.7. The Bertz CT molecular complexity index is 1080. The van der Waals surface area contributed by atoms with Gasteiger partial charge < -0.3 is 23.3 Å². The van der Waals surface area contributed by atoms with E-state index in [0.717, 1.165) is 33.8 Å². The molecule has 0 radical (unpaired) electrons. The third-order valence-electron chi connectivity index (χ3n) is 6.26. The molecule has 0 saturated carbocycles. The van der Waals surface area contributed by atoms with E-state index in [9.17, 15) is 0 Å². The van der Waals surface area contributed by atoms with Gasteiger partial charge in [-0.25, -0.2) is 4.98 Å². The predicted molar refractivity (Wildman–Crippen MR) is 123 cm³/mol. The lowest BCUT2D eigenvalue weighted by atomic mass is 9.79. The summed E-state index contributed by atoms with van der Waals surface area (Å²) in [6.45, 7) is 12.7. The third kappa shape index (κ3) is 3.70. The number of aryl methyl sites for hydroxylation is 1. The molecule has 2 aromatic carbocycles. The summed E-state index contributed by atoms with van der Waals surface area (Å²) in [5.41, 5.74) is 2.16. The SMILES string of the molecule is CC.Cn1c(C2COc3ccccc3O2)nc2ccc(B3OC(C)(C)C(C)(C)O3)cc21. The van der Waals surface area contributed by atoms with Crippen molar-refractivity contribution in [2.24, 2.45) is 7.05 Å². The van der Waals surface area contributed by atoms with E-state index in [1.54, 1.807) is 0 Å². The zero-order chi connectivity index (χ0) is 22.4. The Kier molecular flexibility index (Phi) is 5.52. The Labute approximate surface area is 184 Å². The molecule has 0 aliphatic carbocycles. The van der Waals surface area contributed by atoms with Crippen molar-refractivity contribution in [3.8, 4) is 11.5 Å². The summed E-state index contributed by atoms with van der Waals surface area (Å²) in [6.07, 6.45) is -0.261. The number of fused-ring (bicyclic) bond motifs is 2. The number of hydrogen-bond donors (Lipinski definition) is 0. The van der Waals surface area contributed by atoms with Crippen LogP contribution >= 0.6 is 0 Å². The van der Waals surface area contributed by atoms with Crippen molar-refractivity contribution in [2.75, 3.05) is 6.61 Å². The van der Waals surface area contributed by atoms with Gasteiger partial charge in [-0.15, -0.1) is 0 Å². The largest absolute Gasteiger partial charge is 0.494 e. The second-order valence-corrected chi connectivity index (χ2v) is 8.73. The maximum Gasteiger partial charge on any atom is 0.494 e. The molecular weight excluding hydrogens is 391 g/mol. The summed E-state index contributed by atoms with van der Waals surface area (Å²) in [5, 5.41) is 0. The highest BCUT2D eigenvalue weighted by molar-refractivity contribution is 6.62. The fraction of sp³-hybridized carbons (Fsp3) is 0.458. The maximum atomic E-state index is 6.20. The first kappa shape index (κ1) is 21.7. The summed E-state index contributed by atoms with van der Waals surface area (Å²) in [4.78, 5) is 4.81. The minimum atomic E-state index is -0.399. The van der Waals surface area contributed by atoms with Gasteiger partial charge >= 0.3 is 7.12 Å². The van der Waals surface area contributed by atoms with Gasteiger partial charge in [-0.1, -0.05) is 32.0 Å². The molecule has 1 saturated heterocycles. The molecule has 1 unspecified atom stereocenters. The molecule has 0 N–H and O–H groups in total. The molecule has 2 aliphatic heterocycles. The standard InChI is InChI=1S/C22H25BN2O4.C2H6/c1-21(2)22(3,4)29-23(28-21)14-10-11-15-16(12-14)25(5)20(24-15)19-13-26-17-8-6-7-9-18(17)27-19;1-2/h6-12,19H,13H2,1-5H3;1-2H3. The van der Waals surface area contributed by atoms with Gasteiger partial charge in [-0.2, -0.15) is 0 Å². The van der Waals surface area contributed by atoms with Gasteiger partial charge in [-0.05, 0) is 57.4 Å². The summed E-state index contributed by atoms with van der Waals surface area (Å²) >= 11 is 0.